The molecule has 3 nitrogen and oxygen atoms in total. The van der Waals surface area contributed by atoms with Gasteiger partial charge in [-0.05, 0) is 25.2 Å². The van der Waals surface area contributed by atoms with E-state index >= 15 is 0 Å². The normalized spacial score (nSPS) is 18.7. The fourth-order valence-electron chi connectivity index (χ4n) is 1.75. The predicted octanol–water partition coefficient (Wildman–Crippen LogP) is 1.62. The van der Waals surface area contributed by atoms with Gasteiger partial charge in [-0.25, -0.2) is 0 Å². The van der Waals surface area contributed by atoms with Crippen LogP contribution in [0.1, 0.15) is 39.5 Å². The molecule has 1 atom stereocenters. The maximum Gasteiger partial charge on any atom is 0.225 e. The topological polar surface area (TPSA) is 46.3 Å². The molecular weight excluding hydrogens is 188 g/mol. The van der Waals surface area contributed by atoms with Crippen LogP contribution in [0.2, 0.25) is 0 Å². The van der Waals surface area contributed by atoms with Crippen LogP contribution in [0.4, 0.5) is 0 Å². The van der Waals surface area contributed by atoms with Gasteiger partial charge >= 0.3 is 0 Å². The minimum absolute atomic E-state index is 0.210. The van der Waals surface area contributed by atoms with Crippen LogP contribution in [0.25, 0.3) is 0 Å². The molecule has 1 amide bonds. The van der Waals surface area contributed by atoms with Crippen LogP contribution in [0.3, 0.4) is 0 Å². The smallest absolute Gasteiger partial charge is 0.225 e. The van der Waals surface area contributed by atoms with Crippen molar-refractivity contribution < 1.29 is 4.79 Å². The van der Waals surface area contributed by atoms with Crippen molar-refractivity contribution in [2.75, 3.05) is 13.6 Å². The maximum atomic E-state index is 11.8. The molecule has 0 saturated heterocycles. The molecule has 1 fully saturated rings. The SMILES string of the molecule is CC(C)C(N)CCN(C)C(=O)C1CCC1. The monoisotopic (exact) mass is 212 g/mol. The number of nitrogens with zero attached hydrogens (tertiary/aromatic N) is 1. The number of hydrogen-bond acceptors (Lipinski definition) is 2. The molecule has 0 radical (unpaired) electrons. The lowest BCUT2D eigenvalue weighted by molar-refractivity contribution is -0.136. The highest BCUT2D eigenvalue weighted by atomic mass is 16.2. The summed E-state index contributed by atoms with van der Waals surface area (Å²) < 4.78 is 0. The maximum absolute atomic E-state index is 11.8. The first kappa shape index (κ1) is 12.5. The van der Waals surface area contributed by atoms with Crippen molar-refractivity contribution in [1.82, 2.24) is 4.90 Å². The number of amides is 1. The van der Waals surface area contributed by atoms with Crippen LogP contribution in [0.5, 0.6) is 0 Å². The van der Waals surface area contributed by atoms with E-state index in [1.54, 1.807) is 0 Å². The van der Waals surface area contributed by atoms with Gasteiger partial charge in [-0.1, -0.05) is 20.3 Å². The Morgan fingerprint density at radius 2 is 2.07 bits per heavy atom. The second-order valence-corrected chi connectivity index (χ2v) is 5.08. The summed E-state index contributed by atoms with van der Waals surface area (Å²) in [5, 5.41) is 0. The molecule has 0 aliphatic heterocycles. The lowest BCUT2D eigenvalue weighted by Crippen LogP contribution is -2.39. The number of carbonyl (C=O) groups is 1. The largest absolute Gasteiger partial charge is 0.345 e. The van der Waals surface area contributed by atoms with Crippen LogP contribution >= 0.6 is 0 Å². The van der Waals surface area contributed by atoms with Crippen LogP contribution < -0.4 is 5.73 Å². The molecule has 1 rings (SSSR count). The Labute approximate surface area is 93.0 Å². The molecule has 0 spiro atoms. The standard InChI is InChI=1S/C12H24N2O/c1-9(2)11(13)7-8-14(3)12(15)10-5-4-6-10/h9-11H,4-8,13H2,1-3H3. The molecule has 1 aliphatic carbocycles. The van der Waals surface area contributed by atoms with Crippen molar-refractivity contribution in [3.8, 4) is 0 Å². The molecule has 15 heavy (non-hydrogen) atoms. The van der Waals surface area contributed by atoms with Gasteiger partial charge in [0.25, 0.3) is 0 Å². The average molecular weight is 212 g/mol. The third-order valence-electron chi connectivity index (χ3n) is 3.48. The zero-order chi connectivity index (χ0) is 11.4. The van der Waals surface area contributed by atoms with Crippen molar-refractivity contribution >= 4 is 5.91 Å². The zero-order valence-electron chi connectivity index (χ0n) is 10.2. The van der Waals surface area contributed by atoms with Gasteiger partial charge in [-0.15, -0.1) is 0 Å². The van der Waals surface area contributed by atoms with Gasteiger partial charge in [0.2, 0.25) is 5.91 Å². The van der Waals surface area contributed by atoms with E-state index in [4.69, 9.17) is 5.73 Å². The summed E-state index contributed by atoms with van der Waals surface area (Å²) in [4.78, 5) is 13.6. The van der Waals surface area contributed by atoms with E-state index in [-0.39, 0.29) is 6.04 Å². The lowest BCUT2D eigenvalue weighted by Gasteiger charge is -2.30. The molecule has 2 N–H and O–H groups in total. The molecule has 0 aromatic rings. The van der Waals surface area contributed by atoms with Crippen molar-refractivity contribution in [3.63, 3.8) is 0 Å². The summed E-state index contributed by atoms with van der Waals surface area (Å²) in [5.41, 5.74) is 5.95. The fraction of sp³-hybridized carbons (Fsp3) is 0.917. The molecule has 1 unspecified atom stereocenters. The minimum atomic E-state index is 0.210. The second kappa shape index (κ2) is 5.50. The van der Waals surface area contributed by atoms with Gasteiger partial charge in [-0.3, -0.25) is 4.79 Å². The van der Waals surface area contributed by atoms with Crippen molar-refractivity contribution in [2.45, 2.75) is 45.6 Å². The highest BCUT2D eigenvalue weighted by Gasteiger charge is 2.27. The fourth-order valence-corrected chi connectivity index (χ4v) is 1.75. The number of nitrogens with two attached hydrogens (primary N) is 1. The zero-order valence-corrected chi connectivity index (χ0v) is 10.2. The minimum Gasteiger partial charge on any atom is -0.345 e. The number of hydrogen-bond donors (Lipinski definition) is 1. The first-order valence-electron chi connectivity index (χ1n) is 6.03. The summed E-state index contributed by atoms with van der Waals surface area (Å²) in [6.07, 6.45) is 4.29. The quantitative estimate of drug-likeness (QED) is 0.752. The van der Waals surface area contributed by atoms with E-state index in [1.807, 2.05) is 11.9 Å². The van der Waals surface area contributed by atoms with E-state index in [0.29, 0.717) is 17.7 Å². The lowest BCUT2D eigenvalue weighted by atomic mass is 9.84. The van der Waals surface area contributed by atoms with E-state index in [0.717, 1.165) is 25.8 Å². The first-order chi connectivity index (χ1) is 7.02. The molecule has 3 heteroatoms. The Morgan fingerprint density at radius 3 is 2.47 bits per heavy atom. The highest BCUT2D eigenvalue weighted by molar-refractivity contribution is 5.79. The summed E-state index contributed by atoms with van der Waals surface area (Å²) in [6.45, 7) is 5.05. The van der Waals surface area contributed by atoms with Gasteiger partial charge in [0.05, 0.1) is 0 Å². The van der Waals surface area contributed by atoms with Gasteiger partial charge < -0.3 is 10.6 Å². The van der Waals surface area contributed by atoms with Gasteiger partial charge in [-0.2, -0.15) is 0 Å². The Balaban J connectivity index is 2.22. The molecule has 0 aromatic carbocycles. The molecule has 1 aliphatic rings. The Kier molecular flexibility index (Phi) is 4.58. The Hall–Kier alpha value is -0.570. The highest BCUT2D eigenvalue weighted by Crippen LogP contribution is 2.27. The molecule has 0 heterocycles. The third kappa shape index (κ3) is 3.49. The van der Waals surface area contributed by atoms with E-state index in [9.17, 15) is 4.79 Å². The van der Waals surface area contributed by atoms with Crippen LogP contribution in [-0.4, -0.2) is 30.4 Å². The van der Waals surface area contributed by atoms with E-state index in [1.165, 1.54) is 6.42 Å². The van der Waals surface area contributed by atoms with Gasteiger partial charge in [0.1, 0.15) is 0 Å². The van der Waals surface area contributed by atoms with Crippen LogP contribution in [0, 0.1) is 11.8 Å². The summed E-state index contributed by atoms with van der Waals surface area (Å²) in [6, 6.07) is 0.210. The van der Waals surface area contributed by atoms with Crippen LogP contribution in [0.15, 0.2) is 0 Å². The second-order valence-electron chi connectivity index (χ2n) is 5.08. The third-order valence-corrected chi connectivity index (χ3v) is 3.48. The average Bonchev–Trinajstić information content (AvgIpc) is 2.10. The Morgan fingerprint density at radius 1 is 1.47 bits per heavy atom. The van der Waals surface area contributed by atoms with Gasteiger partial charge in [0.15, 0.2) is 0 Å². The molecule has 0 aromatic heterocycles. The van der Waals surface area contributed by atoms with E-state index in [2.05, 4.69) is 13.8 Å². The Bertz CT molecular complexity index is 212. The van der Waals surface area contributed by atoms with Gasteiger partial charge in [0, 0.05) is 25.6 Å². The predicted molar refractivity (Wildman–Crippen MR) is 62.4 cm³/mol. The van der Waals surface area contributed by atoms with Crippen LogP contribution in [-0.2, 0) is 4.79 Å². The molecule has 1 saturated carbocycles. The number of rotatable bonds is 5. The van der Waals surface area contributed by atoms with E-state index < -0.39 is 0 Å². The van der Waals surface area contributed by atoms with Crippen molar-refractivity contribution in [1.29, 1.82) is 0 Å². The first-order valence-corrected chi connectivity index (χ1v) is 6.03. The summed E-state index contributed by atoms with van der Waals surface area (Å²) in [7, 11) is 1.90. The molecular formula is C12H24N2O. The molecule has 88 valence electrons. The van der Waals surface area contributed by atoms with Crippen molar-refractivity contribution in [2.24, 2.45) is 17.6 Å². The summed E-state index contributed by atoms with van der Waals surface area (Å²) in [5.74, 6) is 1.12. The summed E-state index contributed by atoms with van der Waals surface area (Å²) >= 11 is 0. The van der Waals surface area contributed by atoms with Crippen molar-refractivity contribution in [3.05, 3.63) is 0 Å². The number of carbonyl (C=O) groups excluding carboxylic acids is 1. The molecule has 0 bridgehead atoms.